The molecular weight excluding hydrogens is 417 g/mol. The van der Waals surface area contributed by atoms with Gasteiger partial charge in [0, 0.05) is 25.2 Å². The number of nitrogens with one attached hydrogen (secondary N) is 1. The molecule has 0 bridgehead atoms. The zero-order valence-corrected chi connectivity index (χ0v) is 17.6. The van der Waals surface area contributed by atoms with Crippen molar-refractivity contribution in [1.82, 2.24) is 4.31 Å². The lowest BCUT2D eigenvalue weighted by Crippen LogP contribution is -2.35. The van der Waals surface area contributed by atoms with Gasteiger partial charge >= 0.3 is 0 Å². The number of sulfonamides is 1. The summed E-state index contributed by atoms with van der Waals surface area (Å²) in [5, 5.41) is 3.08. The number of carbonyl (C=O) groups excluding carboxylic acids is 1. The smallest absolute Gasteiger partial charge is 0.243 e. The van der Waals surface area contributed by atoms with E-state index in [1.165, 1.54) is 43.4 Å². The lowest BCUT2D eigenvalue weighted by atomic mass is 10.1. The van der Waals surface area contributed by atoms with Crippen LogP contribution >= 0.6 is 11.6 Å². The van der Waals surface area contributed by atoms with Crippen molar-refractivity contribution in [2.75, 3.05) is 36.9 Å². The van der Waals surface area contributed by atoms with Crippen molar-refractivity contribution in [2.24, 2.45) is 0 Å². The number of likely N-dealkylation sites (N-methyl/N-ethyl adjacent to an activating group) is 1. The zero-order valence-electron chi connectivity index (χ0n) is 16.1. The number of amides is 1. The van der Waals surface area contributed by atoms with E-state index in [-0.39, 0.29) is 4.90 Å². The van der Waals surface area contributed by atoms with Gasteiger partial charge in [0.1, 0.15) is 5.82 Å². The van der Waals surface area contributed by atoms with E-state index in [2.05, 4.69) is 10.2 Å². The van der Waals surface area contributed by atoms with Crippen molar-refractivity contribution >= 4 is 38.9 Å². The number of hydrogen-bond acceptors (Lipinski definition) is 4. The highest BCUT2D eigenvalue weighted by molar-refractivity contribution is 7.89. The molecular formula is C20H23ClFN3O3S. The summed E-state index contributed by atoms with van der Waals surface area (Å²) in [7, 11) is -2.53. The molecule has 0 unspecified atom stereocenters. The lowest BCUT2D eigenvalue weighted by molar-refractivity contribution is -0.116. The summed E-state index contributed by atoms with van der Waals surface area (Å²) in [6, 6.07) is 9.97. The second kappa shape index (κ2) is 9.11. The van der Waals surface area contributed by atoms with Crippen molar-refractivity contribution in [3.63, 3.8) is 0 Å². The highest BCUT2D eigenvalue weighted by Gasteiger charge is 2.24. The molecule has 9 heteroatoms. The molecule has 1 N–H and O–H groups in total. The van der Waals surface area contributed by atoms with Crippen LogP contribution in [-0.4, -0.2) is 45.3 Å². The molecule has 2 aromatic carbocycles. The van der Waals surface area contributed by atoms with E-state index in [0.717, 1.165) is 42.3 Å². The number of carbonyl (C=O) groups is 1. The molecule has 1 amide bonds. The fraction of sp³-hybridized carbons (Fsp3) is 0.350. The summed E-state index contributed by atoms with van der Waals surface area (Å²) in [5.41, 5.74) is 1.08. The van der Waals surface area contributed by atoms with E-state index in [1.807, 2.05) is 0 Å². The number of anilines is 2. The van der Waals surface area contributed by atoms with Crippen molar-refractivity contribution in [2.45, 2.75) is 24.2 Å². The minimum atomic E-state index is -3.85. The van der Waals surface area contributed by atoms with Gasteiger partial charge in [-0.2, -0.15) is 4.31 Å². The summed E-state index contributed by atoms with van der Waals surface area (Å²) in [4.78, 5) is 14.7. The topological polar surface area (TPSA) is 69.7 Å². The largest absolute Gasteiger partial charge is 0.370 e. The average Bonchev–Trinajstić information content (AvgIpc) is 2.69. The SMILES string of the molecule is CN(CC(=O)Nc1cc(F)ccc1N1CCCCC1)S(=O)(=O)c1ccc(Cl)cc1. The van der Waals surface area contributed by atoms with Crippen molar-refractivity contribution in [3.05, 3.63) is 53.3 Å². The third kappa shape index (κ3) is 5.26. The Morgan fingerprint density at radius 3 is 2.45 bits per heavy atom. The van der Waals surface area contributed by atoms with Crippen LogP contribution in [0, 0.1) is 5.82 Å². The molecule has 1 aliphatic heterocycles. The minimum Gasteiger partial charge on any atom is -0.370 e. The van der Waals surface area contributed by atoms with Crippen LogP contribution in [0.15, 0.2) is 47.4 Å². The summed E-state index contributed by atoms with van der Waals surface area (Å²) >= 11 is 5.80. The number of halogens is 2. The molecule has 1 saturated heterocycles. The Morgan fingerprint density at radius 1 is 1.14 bits per heavy atom. The maximum Gasteiger partial charge on any atom is 0.243 e. The average molecular weight is 440 g/mol. The molecule has 6 nitrogen and oxygen atoms in total. The zero-order chi connectivity index (χ0) is 21.0. The van der Waals surface area contributed by atoms with Crippen LogP contribution in [0.4, 0.5) is 15.8 Å². The minimum absolute atomic E-state index is 0.0389. The van der Waals surface area contributed by atoms with Crippen molar-refractivity contribution in [3.8, 4) is 0 Å². The molecule has 0 aromatic heterocycles. The second-order valence-electron chi connectivity index (χ2n) is 6.97. The van der Waals surface area contributed by atoms with E-state index in [9.17, 15) is 17.6 Å². The van der Waals surface area contributed by atoms with Crippen LogP contribution in [0.25, 0.3) is 0 Å². The van der Waals surface area contributed by atoms with Crippen LogP contribution in [0.2, 0.25) is 5.02 Å². The predicted octanol–water partition coefficient (Wildman–Crippen LogP) is 3.73. The molecule has 1 aliphatic rings. The first-order valence-electron chi connectivity index (χ1n) is 9.33. The fourth-order valence-electron chi connectivity index (χ4n) is 3.28. The highest BCUT2D eigenvalue weighted by atomic mass is 35.5. The monoisotopic (exact) mass is 439 g/mol. The first-order chi connectivity index (χ1) is 13.8. The molecule has 0 spiro atoms. The Balaban J connectivity index is 1.73. The highest BCUT2D eigenvalue weighted by Crippen LogP contribution is 2.29. The normalized spacial score (nSPS) is 14.8. The van der Waals surface area contributed by atoms with E-state index >= 15 is 0 Å². The quantitative estimate of drug-likeness (QED) is 0.744. The van der Waals surface area contributed by atoms with Gasteiger partial charge in [0.15, 0.2) is 0 Å². The van der Waals surface area contributed by atoms with Crippen LogP contribution in [0.5, 0.6) is 0 Å². The van der Waals surface area contributed by atoms with Gasteiger partial charge in [0.05, 0.1) is 22.8 Å². The third-order valence-corrected chi connectivity index (χ3v) is 6.89. The van der Waals surface area contributed by atoms with Gasteiger partial charge in [-0.3, -0.25) is 4.79 Å². The van der Waals surface area contributed by atoms with E-state index in [0.29, 0.717) is 10.7 Å². The van der Waals surface area contributed by atoms with E-state index in [1.54, 1.807) is 6.07 Å². The van der Waals surface area contributed by atoms with Gasteiger partial charge in [0.25, 0.3) is 0 Å². The Bertz CT molecular complexity index is 977. The number of rotatable bonds is 6. The van der Waals surface area contributed by atoms with Crippen molar-refractivity contribution in [1.29, 1.82) is 0 Å². The molecule has 3 rings (SSSR count). The van der Waals surface area contributed by atoms with Crippen molar-refractivity contribution < 1.29 is 17.6 Å². The fourth-order valence-corrected chi connectivity index (χ4v) is 4.54. The predicted molar refractivity (Wildman–Crippen MR) is 112 cm³/mol. The molecule has 156 valence electrons. The Hall–Kier alpha value is -2.16. The second-order valence-corrected chi connectivity index (χ2v) is 9.45. The number of piperidine rings is 1. The van der Waals surface area contributed by atoms with Crippen LogP contribution in [0.3, 0.4) is 0 Å². The van der Waals surface area contributed by atoms with Gasteiger partial charge in [-0.25, -0.2) is 12.8 Å². The van der Waals surface area contributed by atoms with Gasteiger partial charge in [0.2, 0.25) is 15.9 Å². The molecule has 1 heterocycles. The van der Waals surface area contributed by atoms with Crippen LogP contribution < -0.4 is 10.2 Å². The van der Waals surface area contributed by atoms with Gasteiger partial charge in [-0.1, -0.05) is 11.6 Å². The Morgan fingerprint density at radius 2 is 1.79 bits per heavy atom. The van der Waals surface area contributed by atoms with Gasteiger partial charge < -0.3 is 10.2 Å². The first-order valence-corrected chi connectivity index (χ1v) is 11.2. The molecule has 0 atom stereocenters. The van der Waals surface area contributed by atoms with Crippen LogP contribution in [0.1, 0.15) is 19.3 Å². The summed E-state index contributed by atoms with van der Waals surface area (Å²) < 4.78 is 40.0. The summed E-state index contributed by atoms with van der Waals surface area (Å²) in [6.07, 6.45) is 3.21. The molecule has 0 saturated carbocycles. The van der Waals surface area contributed by atoms with Crippen LogP contribution in [-0.2, 0) is 14.8 Å². The summed E-state index contributed by atoms with van der Waals surface area (Å²) in [5.74, 6) is -1.02. The number of benzene rings is 2. The van der Waals surface area contributed by atoms with Gasteiger partial charge in [-0.05, 0) is 61.7 Å². The molecule has 2 aromatic rings. The molecule has 0 aliphatic carbocycles. The maximum absolute atomic E-state index is 13.8. The summed E-state index contributed by atoms with van der Waals surface area (Å²) in [6.45, 7) is 1.26. The third-order valence-electron chi connectivity index (χ3n) is 4.82. The van der Waals surface area contributed by atoms with E-state index < -0.39 is 28.3 Å². The Kier molecular flexibility index (Phi) is 6.77. The number of hydrogen-bond donors (Lipinski definition) is 1. The Labute approximate surface area is 175 Å². The van der Waals surface area contributed by atoms with E-state index in [4.69, 9.17) is 11.6 Å². The number of nitrogens with zero attached hydrogens (tertiary/aromatic N) is 2. The molecule has 0 radical (unpaired) electrons. The molecule has 1 fully saturated rings. The van der Waals surface area contributed by atoms with Gasteiger partial charge in [-0.15, -0.1) is 0 Å². The molecule has 29 heavy (non-hydrogen) atoms. The first kappa shape index (κ1) is 21.5. The lowest BCUT2D eigenvalue weighted by Gasteiger charge is -2.30. The maximum atomic E-state index is 13.8. The standard InChI is InChI=1S/C20H23ClFN3O3S/c1-24(29(27,28)17-8-5-15(21)6-9-17)14-20(26)23-18-13-16(22)7-10-19(18)25-11-3-2-4-12-25/h5-10,13H,2-4,11-12,14H2,1H3,(H,23,26).